The third-order valence-corrected chi connectivity index (χ3v) is 7.18. The van der Waals surface area contributed by atoms with Crippen LogP contribution < -0.4 is 15.5 Å². The van der Waals surface area contributed by atoms with Gasteiger partial charge in [-0.25, -0.2) is 0 Å². The molecule has 1 saturated carbocycles. The lowest BCUT2D eigenvalue weighted by Gasteiger charge is -2.38. The smallest absolute Gasteiger partial charge is 0.150 e. The van der Waals surface area contributed by atoms with Crippen LogP contribution in [0.25, 0.3) is 0 Å². The van der Waals surface area contributed by atoms with Crippen LogP contribution in [0.15, 0.2) is 6.20 Å². The van der Waals surface area contributed by atoms with Gasteiger partial charge in [-0.1, -0.05) is 18.2 Å². The lowest BCUT2D eigenvalue weighted by atomic mass is 9.84. The van der Waals surface area contributed by atoms with Crippen LogP contribution in [0.2, 0.25) is 0 Å². The van der Waals surface area contributed by atoms with Crippen molar-refractivity contribution in [3.05, 3.63) is 6.20 Å². The third kappa shape index (κ3) is 2.81. The Balaban J connectivity index is 1.58. The van der Waals surface area contributed by atoms with Crippen molar-refractivity contribution in [1.29, 1.82) is 5.41 Å². The molecule has 0 spiro atoms. The van der Waals surface area contributed by atoms with Crippen molar-refractivity contribution in [2.45, 2.75) is 37.5 Å². The molecule has 6 nitrogen and oxygen atoms in total. The molecule has 2 aliphatic heterocycles. The first-order valence-electron chi connectivity index (χ1n) is 9.15. The average Bonchev–Trinajstić information content (AvgIpc) is 3.09. The zero-order valence-electron chi connectivity index (χ0n) is 14.4. The predicted molar refractivity (Wildman–Crippen MR) is 101 cm³/mol. The van der Waals surface area contributed by atoms with Gasteiger partial charge in [0.1, 0.15) is 5.69 Å². The van der Waals surface area contributed by atoms with Crippen molar-refractivity contribution >= 4 is 28.3 Å². The van der Waals surface area contributed by atoms with E-state index in [2.05, 4.69) is 14.9 Å². The summed E-state index contributed by atoms with van der Waals surface area (Å²) in [4.78, 5) is 4.91. The molecule has 7 heteroatoms. The highest BCUT2D eigenvalue weighted by Crippen LogP contribution is 2.45. The molecule has 0 radical (unpaired) electrons. The third-order valence-electron chi connectivity index (χ3n) is 5.88. The SMILES string of the molecule is Cn1ncc(N2CC(=N)SC2C2CCC2)c1N1CCC(CN)CC1. The van der Waals surface area contributed by atoms with Gasteiger partial charge in [-0.05, 0) is 44.1 Å². The molecule has 1 aliphatic carbocycles. The van der Waals surface area contributed by atoms with E-state index in [0.29, 0.717) is 11.3 Å². The highest BCUT2D eigenvalue weighted by atomic mass is 32.2. The molecule has 0 aromatic carbocycles. The second-order valence-corrected chi connectivity index (χ2v) is 8.61. The van der Waals surface area contributed by atoms with Crippen molar-refractivity contribution in [1.82, 2.24) is 9.78 Å². The van der Waals surface area contributed by atoms with Gasteiger partial charge < -0.3 is 15.5 Å². The van der Waals surface area contributed by atoms with E-state index >= 15 is 0 Å². The van der Waals surface area contributed by atoms with Crippen LogP contribution in [0.3, 0.4) is 0 Å². The molecule has 1 unspecified atom stereocenters. The van der Waals surface area contributed by atoms with Gasteiger partial charge in [0, 0.05) is 20.1 Å². The van der Waals surface area contributed by atoms with Crippen LogP contribution in [0, 0.1) is 17.2 Å². The fourth-order valence-corrected chi connectivity index (χ4v) is 5.44. The second kappa shape index (κ2) is 6.59. The van der Waals surface area contributed by atoms with Crippen molar-refractivity contribution < 1.29 is 0 Å². The van der Waals surface area contributed by atoms with Gasteiger partial charge in [0.05, 0.1) is 23.2 Å². The first-order valence-corrected chi connectivity index (χ1v) is 10.0. The number of hydrogen-bond donors (Lipinski definition) is 2. The first kappa shape index (κ1) is 16.3. The molecule has 24 heavy (non-hydrogen) atoms. The Bertz CT molecular complexity index is 602. The first-order chi connectivity index (χ1) is 11.7. The lowest BCUT2D eigenvalue weighted by molar-refractivity contribution is 0.305. The average molecular weight is 349 g/mol. The molecular weight excluding hydrogens is 320 g/mol. The summed E-state index contributed by atoms with van der Waals surface area (Å²) in [5, 5.41) is 14.0. The fraction of sp³-hybridized carbons (Fsp3) is 0.765. The summed E-state index contributed by atoms with van der Waals surface area (Å²) in [7, 11) is 2.04. The minimum Gasteiger partial charge on any atom is -0.355 e. The minimum absolute atomic E-state index is 0.427. The van der Waals surface area contributed by atoms with Crippen LogP contribution in [0.5, 0.6) is 0 Å². The molecule has 3 aliphatic rings. The number of hydrogen-bond acceptors (Lipinski definition) is 6. The zero-order chi connectivity index (χ0) is 16.7. The van der Waals surface area contributed by atoms with Crippen LogP contribution in [0.4, 0.5) is 11.5 Å². The number of nitrogens with two attached hydrogens (primary N) is 1. The molecule has 1 atom stereocenters. The van der Waals surface area contributed by atoms with Gasteiger partial charge in [0.25, 0.3) is 0 Å². The summed E-state index contributed by atoms with van der Waals surface area (Å²) in [5.74, 6) is 2.62. The summed E-state index contributed by atoms with van der Waals surface area (Å²) >= 11 is 1.76. The van der Waals surface area contributed by atoms with E-state index < -0.39 is 0 Å². The van der Waals surface area contributed by atoms with Crippen LogP contribution in [0.1, 0.15) is 32.1 Å². The van der Waals surface area contributed by atoms with E-state index in [1.54, 1.807) is 11.8 Å². The maximum absolute atomic E-state index is 8.19. The number of aromatic nitrogens is 2. The van der Waals surface area contributed by atoms with E-state index in [4.69, 9.17) is 11.1 Å². The molecule has 4 rings (SSSR count). The number of rotatable bonds is 4. The minimum atomic E-state index is 0.427. The second-order valence-electron chi connectivity index (χ2n) is 7.39. The van der Waals surface area contributed by atoms with Gasteiger partial charge >= 0.3 is 0 Å². The van der Waals surface area contributed by atoms with E-state index in [1.807, 2.05) is 17.9 Å². The molecule has 0 bridgehead atoms. The Morgan fingerprint density at radius 2 is 2.04 bits per heavy atom. The van der Waals surface area contributed by atoms with E-state index in [-0.39, 0.29) is 0 Å². The quantitative estimate of drug-likeness (QED) is 0.873. The van der Waals surface area contributed by atoms with Crippen molar-refractivity contribution in [3.8, 4) is 0 Å². The molecule has 132 valence electrons. The fourth-order valence-electron chi connectivity index (χ4n) is 4.16. The zero-order valence-corrected chi connectivity index (χ0v) is 15.3. The Morgan fingerprint density at radius 3 is 2.67 bits per heavy atom. The Hall–Kier alpha value is -1.21. The number of nitrogens with zero attached hydrogens (tertiary/aromatic N) is 4. The van der Waals surface area contributed by atoms with Crippen molar-refractivity contribution in [3.63, 3.8) is 0 Å². The molecular formula is C17H28N6S. The Labute approximate surface area is 148 Å². The molecule has 1 aromatic heterocycles. The topological polar surface area (TPSA) is 74.2 Å². The summed E-state index contributed by atoms with van der Waals surface area (Å²) in [6.45, 7) is 3.65. The Morgan fingerprint density at radius 1 is 1.29 bits per heavy atom. The highest BCUT2D eigenvalue weighted by Gasteiger charge is 2.40. The van der Waals surface area contributed by atoms with Crippen molar-refractivity contribution in [2.75, 3.05) is 36.0 Å². The highest BCUT2D eigenvalue weighted by molar-refractivity contribution is 8.15. The maximum atomic E-state index is 8.19. The van der Waals surface area contributed by atoms with Gasteiger partial charge in [0.2, 0.25) is 0 Å². The van der Waals surface area contributed by atoms with E-state index in [1.165, 1.54) is 30.8 Å². The number of aryl methyl sites for hydroxylation is 1. The van der Waals surface area contributed by atoms with Gasteiger partial charge in [-0.15, -0.1) is 0 Å². The van der Waals surface area contributed by atoms with Crippen LogP contribution >= 0.6 is 11.8 Å². The normalized spacial score (nSPS) is 26.2. The number of anilines is 2. The number of piperidine rings is 1. The van der Waals surface area contributed by atoms with Gasteiger partial charge in [-0.2, -0.15) is 5.10 Å². The number of thioether (sulfide) groups is 1. The predicted octanol–water partition coefficient (Wildman–Crippen LogP) is 2.25. The standard InChI is InChI=1S/C17H28N6S/c1-21-16(22-7-5-12(9-18)6-8-22)14(10-20-21)23-11-15(19)24-17(23)13-3-2-4-13/h10,12-13,17,19H,2-9,11,18H2,1H3. The van der Waals surface area contributed by atoms with Crippen LogP contribution in [-0.4, -0.2) is 46.4 Å². The molecule has 3 fully saturated rings. The summed E-state index contributed by atoms with van der Waals surface area (Å²) in [5.41, 5.74) is 7.06. The van der Waals surface area contributed by atoms with E-state index in [0.717, 1.165) is 50.0 Å². The van der Waals surface area contributed by atoms with Gasteiger partial charge in [0.15, 0.2) is 5.82 Å². The largest absolute Gasteiger partial charge is 0.355 e. The summed E-state index contributed by atoms with van der Waals surface area (Å²) < 4.78 is 2.02. The molecule has 3 N–H and O–H groups in total. The van der Waals surface area contributed by atoms with Gasteiger partial charge in [-0.3, -0.25) is 10.1 Å². The molecule has 1 aromatic rings. The monoisotopic (exact) mass is 348 g/mol. The molecule has 0 amide bonds. The summed E-state index contributed by atoms with van der Waals surface area (Å²) in [6, 6.07) is 0. The van der Waals surface area contributed by atoms with E-state index in [9.17, 15) is 0 Å². The molecule has 3 heterocycles. The lowest BCUT2D eigenvalue weighted by Crippen LogP contribution is -2.40. The molecule has 2 saturated heterocycles. The summed E-state index contributed by atoms with van der Waals surface area (Å²) in [6.07, 6.45) is 8.29. The number of nitrogens with one attached hydrogen (secondary N) is 1. The Kier molecular flexibility index (Phi) is 4.47. The van der Waals surface area contributed by atoms with Crippen LogP contribution in [-0.2, 0) is 7.05 Å². The maximum Gasteiger partial charge on any atom is 0.150 e. The van der Waals surface area contributed by atoms with Crippen molar-refractivity contribution in [2.24, 2.45) is 24.6 Å².